The van der Waals surface area contributed by atoms with Gasteiger partial charge in [0.05, 0.1) is 18.4 Å². The second-order valence-electron chi connectivity index (χ2n) is 6.09. The highest BCUT2D eigenvalue weighted by Gasteiger charge is 2.30. The largest absolute Gasteiger partial charge is 0.496 e. The number of para-hydroxylation sites is 1. The molecule has 2 amide bonds. The number of carbonyl (C=O) groups excluding carboxylic acids is 2. The standard InChI is InChI=1S/C17H16N6O3S3/c1-26-11-5-3-2-4-10(11)14-20-21-15(28-14)18-12(24)8-27-17-23-22-16(29-17)19-13(25)9-6-7-9/h2-5,9H,6-8H2,1H3,(H,18,21,24)(H,19,22,25). The molecule has 0 radical (unpaired) electrons. The number of aromatic nitrogens is 4. The van der Waals surface area contributed by atoms with Gasteiger partial charge in [0.25, 0.3) is 0 Å². The molecule has 1 aliphatic rings. The summed E-state index contributed by atoms with van der Waals surface area (Å²) in [7, 11) is 1.59. The third kappa shape index (κ3) is 5.08. The first kappa shape index (κ1) is 19.7. The van der Waals surface area contributed by atoms with E-state index in [1.165, 1.54) is 34.4 Å². The number of hydrogen-bond acceptors (Lipinski definition) is 10. The minimum Gasteiger partial charge on any atom is -0.496 e. The molecule has 0 aliphatic heterocycles. The average Bonchev–Trinajstić information content (AvgIpc) is 3.34. The zero-order valence-corrected chi connectivity index (χ0v) is 17.7. The van der Waals surface area contributed by atoms with Gasteiger partial charge < -0.3 is 10.1 Å². The van der Waals surface area contributed by atoms with Gasteiger partial charge in [-0.1, -0.05) is 46.6 Å². The maximum absolute atomic E-state index is 12.2. The number of carbonyl (C=O) groups is 2. The monoisotopic (exact) mass is 448 g/mol. The van der Waals surface area contributed by atoms with Crippen LogP contribution in [0.2, 0.25) is 0 Å². The first-order chi connectivity index (χ1) is 14.1. The van der Waals surface area contributed by atoms with Crippen LogP contribution in [-0.4, -0.2) is 45.1 Å². The van der Waals surface area contributed by atoms with Crippen LogP contribution in [0.15, 0.2) is 28.6 Å². The predicted octanol–water partition coefficient (Wildman–Crippen LogP) is 3.14. The summed E-state index contributed by atoms with van der Waals surface area (Å²) in [5, 5.41) is 23.1. The lowest BCUT2D eigenvalue weighted by molar-refractivity contribution is -0.117. The third-order valence-corrected chi connectivity index (χ3v) is 6.76. The zero-order valence-electron chi connectivity index (χ0n) is 15.2. The van der Waals surface area contributed by atoms with Crippen LogP contribution in [0.4, 0.5) is 10.3 Å². The zero-order chi connectivity index (χ0) is 20.2. The van der Waals surface area contributed by atoms with E-state index in [4.69, 9.17) is 4.74 Å². The smallest absolute Gasteiger partial charge is 0.236 e. The minimum atomic E-state index is -0.225. The highest BCUT2D eigenvalue weighted by Crippen LogP contribution is 2.34. The van der Waals surface area contributed by atoms with Crippen LogP contribution in [0.25, 0.3) is 10.6 Å². The molecule has 1 aliphatic carbocycles. The van der Waals surface area contributed by atoms with E-state index in [1.54, 1.807) is 7.11 Å². The summed E-state index contributed by atoms with van der Waals surface area (Å²) in [5.74, 6) is 0.704. The van der Waals surface area contributed by atoms with Gasteiger partial charge in [0.15, 0.2) is 9.35 Å². The van der Waals surface area contributed by atoms with Crippen molar-refractivity contribution in [1.82, 2.24) is 20.4 Å². The lowest BCUT2D eigenvalue weighted by atomic mass is 10.2. The number of thioether (sulfide) groups is 1. The Morgan fingerprint density at radius 1 is 1.10 bits per heavy atom. The van der Waals surface area contributed by atoms with Crippen LogP contribution in [0, 0.1) is 5.92 Å². The molecule has 29 heavy (non-hydrogen) atoms. The van der Waals surface area contributed by atoms with Crippen molar-refractivity contribution in [3.05, 3.63) is 24.3 Å². The average molecular weight is 449 g/mol. The molecule has 4 rings (SSSR count). The summed E-state index contributed by atoms with van der Waals surface area (Å²) < 4.78 is 5.94. The summed E-state index contributed by atoms with van der Waals surface area (Å²) in [6.07, 6.45) is 1.85. The molecule has 3 aromatic rings. The van der Waals surface area contributed by atoms with E-state index >= 15 is 0 Å². The van der Waals surface area contributed by atoms with Gasteiger partial charge in [-0.2, -0.15) is 0 Å². The van der Waals surface area contributed by atoms with Crippen molar-refractivity contribution in [2.75, 3.05) is 23.5 Å². The van der Waals surface area contributed by atoms with Crippen LogP contribution >= 0.6 is 34.4 Å². The molecule has 1 fully saturated rings. The molecular formula is C17H16N6O3S3. The van der Waals surface area contributed by atoms with Crippen molar-refractivity contribution in [3.8, 4) is 16.3 Å². The van der Waals surface area contributed by atoms with Crippen molar-refractivity contribution < 1.29 is 14.3 Å². The summed E-state index contributed by atoms with van der Waals surface area (Å²) in [6.45, 7) is 0. The molecule has 12 heteroatoms. The number of rotatable bonds is 8. The fourth-order valence-corrected chi connectivity index (χ4v) is 4.70. The molecule has 0 atom stereocenters. The summed E-state index contributed by atoms with van der Waals surface area (Å²) in [6, 6.07) is 7.49. The molecule has 0 unspecified atom stereocenters. The second kappa shape index (κ2) is 8.84. The summed E-state index contributed by atoms with van der Waals surface area (Å²) in [5.41, 5.74) is 0.817. The van der Waals surface area contributed by atoms with E-state index in [-0.39, 0.29) is 23.5 Å². The minimum absolute atomic E-state index is 0.0161. The fraction of sp³-hybridized carbons (Fsp3) is 0.294. The number of anilines is 2. The molecule has 9 nitrogen and oxygen atoms in total. The maximum atomic E-state index is 12.2. The molecular weight excluding hydrogens is 432 g/mol. The second-order valence-corrected chi connectivity index (χ2v) is 9.26. The number of ether oxygens (including phenoxy) is 1. The number of methoxy groups -OCH3 is 1. The van der Waals surface area contributed by atoms with E-state index in [0.29, 0.717) is 25.4 Å². The quantitative estimate of drug-likeness (QED) is 0.398. The van der Waals surface area contributed by atoms with Crippen LogP contribution in [0.1, 0.15) is 12.8 Å². The van der Waals surface area contributed by atoms with Crippen molar-refractivity contribution in [2.45, 2.75) is 17.2 Å². The Hall–Kier alpha value is -2.57. The van der Waals surface area contributed by atoms with E-state index in [1.807, 2.05) is 24.3 Å². The molecule has 2 aromatic heterocycles. The topological polar surface area (TPSA) is 119 Å². The van der Waals surface area contributed by atoms with Gasteiger partial charge in [-0.3, -0.25) is 14.9 Å². The van der Waals surface area contributed by atoms with Crippen molar-refractivity contribution in [1.29, 1.82) is 0 Å². The van der Waals surface area contributed by atoms with Gasteiger partial charge in [0.2, 0.25) is 22.1 Å². The number of benzene rings is 1. The molecule has 0 saturated heterocycles. The lowest BCUT2D eigenvalue weighted by Crippen LogP contribution is -2.13. The van der Waals surface area contributed by atoms with Gasteiger partial charge in [0, 0.05) is 5.92 Å². The number of amides is 2. The van der Waals surface area contributed by atoms with Gasteiger partial charge >= 0.3 is 0 Å². The Morgan fingerprint density at radius 3 is 2.66 bits per heavy atom. The maximum Gasteiger partial charge on any atom is 0.236 e. The van der Waals surface area contributed by atoms with E-state index in [0.717, 1.165) is 18.4 Å². The SMILES string of the molecule is COc1ccccc1-c1nnc(NC(=O)CSc2nnc(NC(=O)C3CC3)s2)s1. The number of hydrogen-bond donors (Lipinski definition) is 2. The van der Waals surface area contributed by atoms with Crippen LogP contribution < -0.4 is 15.4 Å². The van der Waals surface area contributed by atoms with E-state index < -0.39 is 0 Å². The van der Waals surface area contributed by atoms with Gasteiger partial charge in [-0.05, 0) is 25.0 Å². The molecule has 0 bridgehead atoms. The lowest BCUT2D eigenvalue weighted by Gasteiger charge is -2.03. The molecule has 0 spiro atoms. The van der Waals surface area contributed by atoms with Crippen molar-refractivity contribution in [2.24, 2.45) is 5.92 Å². The first-order valence-corrected chi connectivity index (χ1v) is 11.3. The summed E-state index contributed by atoms with van der Waals surface area (Å²) in [4.78, 5) is 23.9. The number of nitrogens with zero attached hydrogens (tertiary/aromatic N) is 4. The predicted molar refractivity (Wildman–Crippen MR) is 113 cm³/mol. The Balaban J connectivity index is 1.29. The van der Waals surface area contributed by atoms with E-state index in [9.17, 15) is 9.59 Å². The van der Waals surface area contributed by atoms with E-state index in [2.05, 4.69) is 31.0 Å². The van der Waals surface area contributed by atoms with Gasteiger partial charge in [-0.15, -0.1) is 20.4 Å². The van der Waals surface area contributed by atoms with Crippen LogP contribution in [0.3, 0.4) is 0 Å². The Labute approximate surface area is 178 Å². The van der Waals surface area contributed by atoms with Gasteiger partial charge in [-0.25, -0.2) is 0 Å². The van der Waals surface area contributed by atoms with Crippen molar-refractivity contribution >= 4 is 56.5 Å². The normalized spacial score (nSPS) is 13.1. The molecule has 1 aromatic carbocycles. The number of nitrogens with one attached hydrogen (secondary N) is 2. The first-order valence-electron chi connectivity index (χ1n) is 8.66. The molecule has 2 heterocycles. The Morgan fingerprint density at radius 2 is 1.86 bits per heavy atom. The van der Waals surface area contributed by atoms with Crippen LogP contribution in [0.5, 0.6) is 5.75 Å². The molecule has 2 N–H and O–H groups in total. The highest BCUT2D eigenvalue weighted by molar-refractivity contribution is 8.01. The van der Waals surface area contributed by atoms with Crippen molar-refractivity contribution in [3.63, 3.8) is 0 Å². The fourth-order valence-electron chi connectivity index (χ4n) is 2.36. The van der Waals surface area contributed by atoms with Crippen LogP contribution in [-0.2, 0) is 9.59 Å². The molecule has 1 saturated carbocycles. The molecule has 150 valence electrons. The van der Waals surface area contributed by atoms with Gasteiger partial charge in [0.1, 0.15) is 5.75 Å². The summed E-state index contributed by atoms with van der Waals surface area (Å²) >= 11 is 3.77. The highest BCUT2D eigenvalue weighted by atomic mass is 32.2. The Bertz CT molecular complexity index is 1030. The third-order valence-electron chi connectivity index (χ3n) is 3.92. The Kier molecular flexibility index (Phi) is 6.02.